The molecular formula is C38H63N9O9. The normalized spacial score (nSPS) is 15.1. The first-order chi connectivity index (χ1) is 27.0. The van der Waals surface area contributed by atoms with Gasteiger partial charge in [-0.25, -0.2) is 4.79 Å². The number of carbonyl (C=O) groups is 7. The topological polar surface area (TPSA) is 211 Å². The number of nitrogens with one attached hydrogen (secondary N) is 5. The summed E-state index contributed by atoms with van der Waals surface area (Å²) in [7, 11) is 0. The molecule has 1 aliphatic heterocycles. The molecule has 0 spiro atoms. The molecule has 1 heterocycles. The molecule has 1 saturated heterocycles. The Hall–Kier alpha value is -4.49. The second-order valence-electron chi connectivity index (χ2n) is 13.3. The molecule has 314 valence electrons. The van der Waals surface area contributed by atoms with Crippen LogP contribution in [0, 0.1) is 0 Å². The Morgan fingerprint density at radius 3 is 1.34 bits per heavy atom. The van der Waals surface area contributed by atoms with Gasteiger partial charge in [-0.1, -0.05) is 44.2 Å². The van der Waals surface area contributed by atoms with E-state index in [1.165, 1.54) is 0 Å². The third-order valence-electron chi connectivity index (χ3n) is 8.85. The summed E-state index contributed by atoms with van der Waals surface area (Å²) in [6, 6.07) is 9.28. The molecule has 0 radical (unpaired) electrons. The lowest BCUT2D eigenvalue weighted by Crippen LogP contribution is -2.52. The predicted octanol–water partition coefficient (Wildman–Crippen LogP) is -1.41. The van der Waals surface area contributed by atoms with Gasteiger partial charge in [0.25, 0.3) is 0 Å². The molecule has 0 unspecified atom stereocenters. The van der Waals surface area contributed by atoms with Crippen molar-refractivity contribution in [1.29, 1.82) is 0 Å². The van der Waals surface area contributed by atoms with E-state index in [-0.39, 0.29) is 94.2 Å². The van der Waals surface area contributed by atoms with Gasteiger partial charge >= 0.3 is 6.09 Å². The summed E-state index contributed by atoms with van der Waals surface area (Å²) in [5, 5.41) is 13.7. The van der Waals surface area contributed by atoms with Crippen molar-refractivity contribution in [3.63, 3.8) is 0 Å². The highest BCUT2D eigenvalue weighted by Gasteiger charge is 2.22. The fourth-order valence-electron chi connectivity index (χ4n) is 5.44. The Balaban J connectivity index is 2.11. The number of ketones is 2. The SMILES string of the molecule is CCOCCNC(=O)CN1CCN(CC(=O)NCCNC(=O)OCc2ccccc2)CCN(CC(=O)NCC(=O)CC)CCN(CC(=O)NCC(=O)CC)CC1. The summed E-state index contributed by atoms with van der Waals surface area (Å²) in [5.74, 6) is -1.24. The highest BCUT2D eigenvalue weighted by molar-refractivity contribution is 5.87. The molecule has 2 rings (SSSR count). The molecule has 0 atom stereocenters. The molecule has 18 nitrogen and oxygen atoms in total. The van der Waals surface area contributed by atoms with Gasteiger partial charge in [0.2, 0.25) is 23.6 Å². The van der Waals surface area contributed by atoms with Gasteiger partial charge in [-0.15, -0.1) is 0 Å². The van der Waals surface area contributed by atoms with E-state index in [9.17, 15) is 33.6 Å². The van der Waals surface area contributed by atoms with E-state index in [2.05, 4.69) is 26.6 Å². The molecule has 1 fully saturated rings. The number of nitrogens with zero attached hydrogens (tertiary/aromatic N) is 4. The van der Waals surface area contributed by atoms with Crippen LogP contribution in [0.25, 0.3) is 0 Å². The maximum atomic E-state index is 13.1. The zero-order valence-corrected chi connectivity index (χ0v) is 33.4. The van der Waals surface area contributed by atoms with Gasteiger partial charge in [-0.05, 0) is 12.5 Å². The van der Waals surface area contributed by atoms with Crippen molar-refractivity contribution in [3.05, 3.63) is 35.9 Å². The highest BCUT2D eigenvalue weighted by Crippen LogP contribution is 2.03. The van der Waals surface area contributed by atoms with Crippen LogP contribution in [-0.2, 0) is 44.8 Å². The number of ether oxygens (including phenoxy) is 2. The monoisotopic (exact) mass is 789 g/mol. The van der Waals surface area contributed by atoms with E-state index in [0.717, 1.165) is 5.56 Å². The number of carbonyl (C=O) groups excluding carboxylic acids is 7. The number of hydrogen-bond donors (Lipinski definition) is 5. The third kappa shape index (κ3) is 22.8. The van der Waals surface area contributed by atoms with Crippen molar-refractivity contribution >= 4 is 41.3 Å². The van der Waals surface area contributed by atoms with Gasteiger partial charge < -0.3 is 36.1 Å². The van der Waals surface area contributed by atoms with E-state index < -0.39 is 6.09 Å². The Morgan fingerprint density at radius 1 is 0.536 bits per heavy atom. The number of Topliss-reactive ketones (excluding diaryl/α,β-unsaturated/α-hetero) is 2. The van der Waals surface area contributed by atoms with E-state index in [1.54, 1.807) is 13.8 Å². The maximum absolute atomic E-state index is 13.1. The molecule has 5 amide bonds. The van der Waals surface area contributed by atoms with Gasteiger partial charge in [0, 0.05) is 91.4 Å². The number of amides is 5. The number of benzene rings is 1. The number of hydrogen-bond acceptors (Lipinski definition) is 13. The molecule has 0 aromatic heterocycles. The molecule has 1 aromatic carbocycles. The Morgan fingerprint density at radius 2 is 0.929 bits per heavy atom. The van der Waals surface area contributed by atoms with Gasteiger partial charge in [-0.3, -0.25) is 48.4 Å². The van der Waals surface area contributed by atoms with Crippen molar-refractivity contribution in [3.8, 4) is 0 Å². The van der Waals surface area contributed by atoms with Crippen molar-refractivity contribution in [2.24, 2.45) is 0 Å². The first-order valence-electron chi connectivity index (χ1n) is 19.5. The van der Waals surface area contributed by atoms with Gasteiger partial charge in [-0.2, -0.15) is 0 Å². The fraction of sp³-hybridized carbons (Fsp3) is 0.658. The Bertz CT molecular complexity index is 1370. The molecule has 56 heavy (non-hydrogen) atoms. The maximum Gasteiger partial charge on any atom is 0.407 e. The van der Waals surface area contributed by atoms with Gasteiger partial charge in [0.15, 0.2) is 11.6 Å². The molecule has 5 N–H and O–H groups in total. The molecule has 1 aliphatic rings. The van der Waals surface area contributed by atoms with Crippen molar-refractivity contribution in [1.82, 2.24) is 46.2 Å². The summed E-state index contributed by atoms with van der Waals surface area (Å²) < 4.78 is 10.6. The summed E-state index contributed by atoms with van der Waals surface area (Å²) in [6.45, 7) is 10.4. The van der Waals surface area contributed by atoms with E-state index in [0.29, 0.717) is 85.0 Å². The second-order valence-corrected chi connectivity index (χ2v) is 13.3. The first kappa shape index (κ1) is 47.7. The standard InChI is InChI=1S/C38H63N9O9/c1-4-32(48)24-42-36(52)28-46-19-17-44(26-34(50)39-12-13-41-38(54)56-30-31-10-8-7-9-11-31)15-16-45(27-35(51)40-14-23-55-6-3)18-20-47(22-21-46)29-37(53)43-25-33(49)5-2/h7-11H,4-6,12-30H2,1-3H3,(H,39,50)(H,40,51)(H,41,54)(H,42,52)(H,43,53). The Kier molecular flexibility index (Phi) is 24.6. The van der Waals surface area contributed by atoms with Crippen LogP contribution in [0.4, 0.5) is 4.79 Å². The minimum atomic E-state index is -0.595. The van der Waals surface area contributed by atoms with E-state index >= 15 is 0 Å². The van der Waals surface area contributed by atoms with E-state index in [4.69, 9.17) is 9.47 Å². The number of rotatable bonds is 23. The van der Waals surface area contributed by atoms with Crippen LogP contribution in [0.2, 0.25) is 0 Å². The minimum Gasteiger partial charge on any atom is -0.445 e. The van der Waals surface area contributed by atoms with Crippen molar-refractivity contribution < 1.29 is 43.0 Å². The molecule has 1 aromatic rings. The fourth-order valence-corrected chi connectivity index (χ4v) is 5.44. The van der Waals surface area contributed by atoms with E-state index in [1.807, 2.05) is 56.9 Å². The lowest BCUT2D eigenvalue weighted by molar-refractivity contribution is -0.126. The summed E-state index contributed by atoms with van der Waals surface area (Å²) in [4.78, 5) is 95.3. The molecule has 0 bridgehead atoms. The average molecular weight is 790 g/mol. The lowest BCUT2D eigenvalue weighted by atomic mass is 10.2. The Labute approximate surface area is 330 Å². The van der Waals surface area contributed by atoms with Gasteiger partial charge in [0.1, 0.15) is 6.61 Å². The second kappa shape index (κ2) is 28.9. The average Bonchev–Trinajstić information content (AvgIpc) is 3.19. The molecule has 18 heteroatoms. The predicted molar refractivity (Wildman–Crippen MR) is 210 cm³/mol. The summed E-state index contributed by atoms with van der Waals surface area (Å²) in [6.07, 6.45) is 0.0264. The third-order valence-corrected chi connectivity index (χ3v) is 8.85. The molecule has 0 aliphatic carbocycles. The largest absolute Gasteiger partial charge is 0.445 e. The van der Waals surface area contributed by atoms with Crippen LogP contribution >= 0.6 is 0 Å². The van der Waals surface area contributed by atoms with Crippen molar-refractivity contribution in [2.45, 2.75) is 40.2 Å². The molecule has 0 saturated carbocycles. The van der Waals surface area contributed by atoms with Crippen LogP contribution < -0.4 is 26.6 Å². The quantitative estimate of drug-likeness (QED) is 0.0809. The summed E-state index contributed by atoms with van der Waals surface area (Å²) in [5.41, 5.74) is 0.856. The minimum absolute atomic E-state index is 0.00214. The zero-order valence-electron chi connectivity index (χ0n) is 33.4. The zero-order chi connectivity index (χ0) is 41.0. The van der Waals surface area contributed by atoms with Crippen LogP contribution in [0.3, 0.4) is 0 Å². The lowest BCUT2D eigenvalue weighted by Gasteiger charge is -2.33. The van der Waals surface area contributed by atoms with Crippen LogP contribution in [0.1, 0.15) is 39.2 Å². The molecular weight excluding hydrogens is 726 g/mol. The highest BCUT2D eigenvalue weighted by atomic mass is 16.5. The van der Waals surface area contributed by atoms with Gasteiger partial charge in [0.05, 0.1) is 45.9 Å². The smallest absolute Gasteiger partial charge is 0.407 e. The van der Waals surface area contributed by atoms with Crippen LogP contribution in [-0.4, -0.2) is 185 Å². The van der Waals surface area contributed by atoms with Crippen LogP contribution in [0.15, 0.2) is 30.3 Å². The van der Waals surface area contributed by atoms with Crippen LogP contribution in [0.5, 0.6) is 0 Å². The summed E-state index contributed by atoms with van der Waals surface area (Å²) >= 11 is 0. The number of alkyl carbamates (subject to hydrolysis) is 1. The first-order valence-corrected chi connectivity index (χ1v) is 19.5. The van der Waals surface area contributed by atoms with Crippen molar-refractivity contribution in [2.75, 3.05) is 124 Å².